The van der Waals surface area contributed by atoms with Gasteiger partial charge in [0.1, 0.15) is 22.4 Å². The van der Waals surface area contributed by atoms with E-state index in [1.807, 2.05) is 0 Å². The highest BCUT2D eigenvalue weighted by molar-refractivity contribution is 7.91. The van der Waals surface area contributed by atoms with Crippen LogP contribution < -0.4 is 5.73 Å². The topological polar surface area (TPSA) is 147 Å². The third-order valence-electron chi connectivity index (χ3n) is 4.47. The summed E-state index contributed by atoms with van der Waals surface area (Å²) < 4.78 is 66.9. The Kier molecular flexibility index (Phi) is 4.64. The Hall–Kier alpha value is -3.62. The minimum atomic E-state index is -4.61. The van der Waals surface area contributed by atoms with Crippen LogP contribution >= 0.6 is 0 Å². The zero-order valence-corrected chi connectivity index (χ0v) is 16.8. The van der Waals surface area contributed by atoms with Gasteiger partial charge >= 0.3 is 6.18 Å². The molecule has 0 saturated carbocycles. The molecule has 4 aromatic heterocycles. The van der Waals surface area contributed by atoms with Crippen molar-refractivity contribution in [2.75, 3.05) is 11.5 Å². The van der Waals surface area contributed by atoms with Crippen LogP contribution in [0, 0.1) is 0 Å². The van der Waals surface area contributed by atoms with E-state index in [0.717, 1.165) is 23.3 Å². The lowest BCUT2D eigenvalue weighted by Gasteiger charge is -2.10. The Morgan fingerprint density at radius 1 is 1.13 bits per heavy atom. The molecule has 2 N–H and O–H groups in total. The fourth-order valence-corrected chi connectivity index (χ4v) is 3.81. The van der Waals surface area contributed by atoms with Crippen LogP contribution in [0.4, 0.5) is 19.1 Å². The maximum atomic E-state index is 13.1. The minimum absolute atomic E-state index is 0.0174. The summed E-state index contributed by atoms with van der Waals surface area (Å²) in [6.45, 7) is 1.44. The number of nitrogens with zero attached hydrogens (tertiary/aromatic N) is 8. The largest absolute Gasteiger partial charge is 0.417 e. The summed E-state index contributed by atoms with van der Waals surface area (Å²) in [7, 11) is -2.33. The normalized spacial score (nSPS) is 12.5. The maximum absolute atomic E-state index is 13.1. The Morgan fingerprint density at radius 2 is 1.87 bits per heavy atom. The summed E-state index contributed by atoms with van der Waals surface area (Å²) >= 11 is 0. The molecular weight excluding hydrogens is 439 g/mol. The third-order valence-corrected chi connectivity index (χ3v) is 6.20. The van der Waals surface area contributed by atoms with E-state index in [2.05, 4.69) is 30.0 Å². The number of imidazole rings is 1. The fourth-order valence-electron chi connectivity index (χ4n) is 2.85. The van der Waals surface area contributed by atoms with Crippen LogP contribution in [0.25, 0.3) is 28.6 Å². The molecule has 0 amide bonds. The van der Waals surface area contributed by atoms with Gasteiger partial charge in [-0.15, -0.1) is 0 Å². The van der Waals surface area contributed by atoms with Crippen molar-refractivity contribution in [3.05, 3.63) is 30.4 Å². The predicted octanol–water partition coefficient (Wildman–Crippen LogP) is 1.40. The number of pyridine rings is 1. The summed E-state index contributed by atoms with van der Waals surface area (Å²) in [6, 6.07) is 0.831. The molecule has 0 spiro atoms. The number of nitrogen functional groups attached to an aromatic ring is 1. The highest BCUT2D eigenvalue weighted by Gasteiger charge is 2.32. The second-order valence-electron chi connectivity index (χ2n) is 6.38. The standard InChI is InChI=1S/C16H14F3N9O2S/c1-3-31(29,30)10-6-22-15(28-14(20)23-7-24-28)26-11(10)13-25-9-4-8(16(17,18)19)5-21-12(9)27(13)2/h4-7H,3H2,1-2H3,(H2,20,23,24). The molecule has 0 fully saturated rings. The van der Waals surface area contributed by atoms with E-state index in [-0.39, 0.29) is 45.2 Å². The average Bonchev–Trinajstić information content (AvgIpc) is 3.29. The van der Waals surface area contributed by atoms with Gasteiger partial charge in [0.05, 0.1) is 17.5 Å². The Labute approximate surface area is 172 Å². The number of aryl methyl sites for hydroxylation is 1. The summed E-state index contributed by atoms with van der Waals surface area (Å²) in [5.74, 6) is -0.403. The number of sulfone groups is 1. The lowest BCUT2D eigenvalue weighted by molar-refractivity contribution is -0.137. The first-order chi connectivity index (χ1) is 14.5. The summed E-state index contributed by atoms with van der Waals surface area (Å²) in [4.78, 5) is 19.8. The van der Waals surface area contributed by atoms with Gasteiger partial charge < -0.3 is 10.3 Å². The van der Waals surface area contributed by atoms with Gasteiger partial charge in [-0.3, -0.25) is 0 Å². The average molecular weight is 453 g/mol. The lowest BCUT2D eigenvalue weighted by atomic mass is 10.2. The van der Waals surface area contributed by atoms with Crippen LogP contribution in [-0.4, -0.2) is 53.4 Å². The molecule has 0 bridgehead atoms. The van der Waals surface area contributed by atoms with Crippen molar-refractivity contribution in [1.29, 1.82) is 0 Å². The molecule has 0 aliphatic rings. The first kappa shape index (κ1) is 20.6. The number of anilines is 1. The van der Waals surface area contributed by atoms with Gasteiger partial charge in [0, 0.05) is 13.2 Å². The van der Waals surface area contributed by atoms with E-state index in [4.69, 9.17) is 5.73 Å². The van der Waals surface area contributed by atoms with E-state index in [0.29, 0.717) is 6.20 Å². The van der Waals surface area contributed by atoms with Crippen molar-refractivity contribution in [3.8, 4) is 17.5 Å². The molecule has 4 rings (SSSR count). The van der Waals surface area contributed by atoms with E-state index in [1.54, 1.807) is 0 Å². The SMILES string of the molecule is CCS(=O)(=O)c1cnc(-n2ncnc2N)nc1-c1nc2cc(C(F)(F)F)cnc2n1C. The molecule has 11 nitrogen and oxygen atoms in total. The van der Waals surface area contributed by atoms with Crippen molar-refractivity contribution in [2.24, 2.45) is 7.05 Å². The zero-order valence-electron chi connectivity index (χ0n) is 16.0. The first-order valence-electron chi connectivity index (χ1n) is 8.68. The predicted molar refractivity (Wildman–Crippen MR) is 102 cm³/mol. The van der Waals surface area contributed by atoms with E-state index < -0.39 is 21.6 Å². The van der Waals surface area contributed by atoms with Gasteiger partial charge in [0.15, 0.2) is 21.3 Å². The Bertz CT molecular complexity index is 1410. The molecular formula is C16H14F3N9O2S. The maximum Gasteiger partial charge on any atom is 0.417 e. The second-order valence-corrected chi connectivity index (χ2v) is 8.62. The number of hydrogen-bond donors (Lipinski definition) is 1. The van der Waals surface area contributed by atoms with Crippen LogP contribution in [-0.2, 0) is 23.1 Å². The third kappa shape index (κ3) is 3.45. The Morgan fingerprint density at radius 3 is 2.48 bits per heavy atom. The van der Waals surface area contributed by atoms with E-state index in [1.165, 1.54) is 18.5 Å². The van der Waals surface area contributed by atoms with Crippen molar-refractivity contribution < 1.29 is 21.6 Å². The molecule has 4 heterocycles. The molecule has 31 heavy (non-hydrogen) atoms. The number of alkyl halides is 3. The van der Waals surface area contributed by atoms with Crippen molar-refractivity contribution in [1.82, 2.24) is 39.3 Å². The van der Waals surface area contributed by atoms with E-state index >= 15 is 0 Å². The molecule has 162 valence electrons. The van der Waals surface area contributed by atoms with Crippen LogP contribution in [0.2, 0.25) is 0 Å². The summed E-state index contributed by atoms with van der Waals surface area (Å²) in [5, 5.41) is 3.88. The molecule has 0 aromatic carbocycles. The first-order valence-corrected chi connectivity index (χ1v) is 10.3. The van der Waals surface area contributed by atoms with Crippen molar-refractivity contribution in [3.63, 3.8) is 0 Å². The van der Waals surface area contributed by atoms with Crippen molar-refractivity contribution in [2.45, 2.75) is 18.0 Å². The molecule has 0 aliphatic heterocycles. The monoisotopic (exact) mass is 453 g/mol. The summed E-state index contributed by atoms with van der Waals surface area (Å²) in [6.07, 6.45) is -1.69. The second kappa shape index (κ2) is 6.97. The molecule has 0 radical (unpaired) electrons. The highest BCUT2D eigenvalue weighted by Crippen LogP contribution is 2.32. The fraction of sp³-hybridized carbons (Fsp3) is 0.250. The number of halogens is 3. The number of fused-ring (bicyclic) bond motifs is 1. The minimum Gasteiger partial charge on any atom is -0.368 e. The van der Waals surface area contributed by atoms with Gasteiger partial charge in [-0.25, -0.2) is 28.4 Å². The van der Waals surface area contributed by atoms with Gasteiger partial charge in [-0.05, 0) is 6.07 Å². The number of rotatable bonds is 4. The molecule has 0 unspecified atom stereocenters. The molecule has 4 aromatic rings. The molecule has 15 heteroatoms. The van der Waals surface area contributed by atoms with Gasteiger partial charge in [-0.2, -0.15) is 27.9 Å². The van der Waals surface area contributed by atoms with Gasteiger partial charge in [-0.1, -0.05) is 6.92 Å². The number of nitrogens with two attached hydrogens (primary N) is 1. The number of aromatic nitrogens is 8. The van der Waals surface area contributed by atoms with Gasteiger partial charge in [0.25, 0.3) is 5.95 Å². The van der Waals surface area contributed by atoms with Gasteiger partial charge in [0.2, 0.25) is 5.95 Å². The zero-order chi connectivity index (χ0) is 22.6. The quantitative estimate of drug-likeness (QED) is 0.484. The van der Waals surface area contributed by atoms with Crippen molar-refractivity contribution >= 4 is 26.9 Å². The van der Waals surface area contributed by atoms with Crippen LogP contribution in [0.5, 0.6) is 0 Å². The molecule has 0 saturated heterocycles. The van der Waals surface area contributed by atoms with Crippen LogP contribution in [0.3, 0.4) is 0 Å². The Balaban J connectivity index is 2.00. The highest BCUT2D eigenvalue weighted by atomic mass is 32.2. The lowest BCUT2D eigenvalue weighted by Crippen LogP contribution is -2.13. The number of hydrogen-bond acceptors (Lipinski definition) is 9. The van der Waals surface area contributed by atoms with Crippen LogP contribution in [0.1, 0.15) is 12.5 Å². The van der Waals surface area contributed by atoms with E-state index in [9.17, 15) is 21.6 Å². The summed E-state index contributed by atoms with van der Waals surface area (Å²) in [5.41, 5.74) is 4.64. The smallest absolute Gasteiger partial charge is 0.368 e. The molecule has 0 atom stereocenters. The van der Waals surface area contributed by atoms with Crippen LogP contribution in [0.15, 0.2) is 29.7 Å². The molecule has 0 aliphatic carbocycles.